The molecule has 128 valence electrons. The summed E-state index contributed by atoms with van der Waals surface area (Å²) >= 11 is 0. The zero-order chi connectivity index (χ0) is 17.2. The van der Waals surface area contributed by atoms with Crippen LogP contribution in [0.3, 0.4) is 0 Å². The van der Waals surface area contributed by atoms with Gasteiger partial charge in [0.1, 0.15) is 17.7 Å². The number of rotatable bonds is 3. The number of benzene rings is 1. The second-order valence-electron chi connectivity index (χ2n) is 5.42. The van der Waals surface area contributed by atoms with Gasteiger partial charge in [-0.2, -0.15) is 18.3 Å². The van der Waals surface area contributed by atoms with Crippen LogP contribution in [0.25, 0.3) is 0 Å². The third-order valence-electron chi connectivity index (χ3n) is 3.70. The zero-order valence-electron chi connectivity index (χ0n) is 12.5. The Kier molecular flexibility index (Phi) is 4.50. The van der Waals surface area contributed by atoms with Gasteiger partial charge in [-0.1, -0.05) is 0 Å². The highest BCUT2D eigenvalue weighted by molar-refractivity contribution is 5.32. The van der Waals surface area contributed by atoms with Crippen molar-refractivity contribution < 1.29 is 22.3 Å². The Labute approximate surface area is 135 Å². The molecule has 2 heterocycles. The summed E-state index contributed by atoms with van der Waals surface area (Å²) in [5.74, 6) is -0.583. The largest absolute Gasteiger partial charge is 0.490 e. The summed E-state index contributed by atoms with van der Waals surface area (Å²) in [6, 6.07) is 2.24. The Morgan fingerprint density at radius 3 is 2.46 bits per heavy atom. The van der Waals surface area contributed by atoms with Crippen LogP contribution in [0.4, 0.5) is 23.5 Å². The minimum absolute atomic E-state index is 0.113. The summed E-state index contributed by atoms with van der Waals surface area (Å²) in [6.45, 7) is 1.16. The second-order valence-corrected chi connectivity index (χ2v) is 5.42. The molecule has 0 spiro atoms. The summed E-state index contributed by atoms with van der Waals surface area (Å²) in [4.78, 5) is 6.01. The summed E-state index contributed by atoms with van der Waals surface area (Å²) in [5, 5.41) is 7.67. The van der Waals surface area contributed by atoms with E-state index in [-0.39, 0.29) is 11.9 Å². The maximum atomic E-state index is 13.4. The van der Waals surface area contributed by atoms with E-state index in [0.717, 1.165) is 12.1 Å². The minimum Gasteiger partial charge on any atom is -0.490 e. The average Bonchev–Trinajstić information content (AvgIpc) is 2.55. The van der Waals surface area contributed by atoms with E-state index in [9.17, 15) is 17.6 Å². The van der Waals surface area contributed by atoms with Crippen LogP contribution in [0.2, 0.25) is 0 Å². The molecule has 0 radical (unpaired) electrons. The summed E-state index contributed by atoms with van der Waals surface area (Å²) in [6.07, 6.45) is -0.758. The molecule has 1 aliphatic rings. The van der Waals surface area contributed by atoms with Gasteiger partial charge in [0.2, 0.25) is 5.95 Å². The summed E-state index contributed by atoms with van der Waals surface area (Å²) in [7, 11) is 0. The lowest BCUT2D eigenvalue weighted by atomic mass is 10.1. The number of hydrogen-bond acceptors (Lipinski definition) is 5. The topological polar surface area (TPSA) is 51.1 Å². The van der Waals surface area contributed by atoms with Crippen molar-refractivity contribution in [2.75, 3.05) is 18.0 Å². The predicted molar refractivity (Wildman–Crippen MR) is 77.1 cm³/mol. The van der Waals surface area contributed by atoms with Crippen LogP contribution in [-0.2, 0) is 6.18 Å². The molecule has 0 saturated carbocycles. The Balaban J connectivity index is 1.63. The lowest BCUT2D eigenvalue weighted by Gasteiger charge is -2.31. The predicted octanol–water partition coefficient (Wildman–Crippen LogP) is 3.08. The number of halogens is 4. The first-order valence-corrected chi connectivity index (χ1v) is 7.35. The van der Waals surface area contributed by atoms with E-state index in [1.807, 2.05) is 4.90 Å². The van der Waals surface area contributed by atoms with Crippen molar-refractivity contribution in [3.8, 4) is 5.75 Å². The van der Waals surface area contributed by atoms with Crippen molar-refractivity contribution >= 4 is 5.95 Å². The van der Waals surface area contributed by atoms with E-state index in [1.54, 1.807) is 0 Å². The number of nitrogens with zero attached hydrogens (tertiary/aromatic N) is 4. The molecule has 0 aliphatic carbocycles. The molecule has 2 aromatic rings. The highest BCUT2D eigenvalue weighted by atomic mass is 19.4. The number of piperidine rings is 1. The third kappa shape index (κ3) is 3.90. The Hall–Kier alpha value is -2.45. The number of aromatic nitrogens is 3. The quantitative estimate of drug-likeness (QED) is 0.803. The molecular weight excluding hydrogens is 328 g/mol. The van der Waals surface area contributed by atoms with Crippen molar-refractivity contribution in [1.82, 2.24) is 15.2 Å². The van der Waals surface area contributed by atoms with Gasteiger partial charge in [-0.05, 0) is 12.1 Å². The van der Waals surface area contributed by atoms with E-state index in [1.165, 1.54) is 12.4 Å². The first-order valence-electron chi connectivity index (χ1n) is 7.35. The average molecular weight is 342 g/mol. The van der Waals surface area contributed by atoms with Crippen molar-refractivity contribution in [3.05, 3.63) is 42.0 Å². The fourth-order valence-corrected chi connectivity index (χ4v) is 2.55. The Morgan fingerprint density at radius 1 is 1.08 bits per heavy atom. The molecule has 3 rings (SSSR count). The summed E-state index contributed by atoms with van der Waals surface area (Å²) < 4.78 is 57.1. The fraction of sp³-hybridized carbons (Fsp3) is 0.400. The standard InChI is InChI=1S/C15H14F4N4O/c16-11-7-10(15(17,18)19)8-13(9-11)24-12-1-5-23(6-2-12)14-20-3-4-21-22-14/h3-4,7-9,12H,1-2,5-6H2. The van der Waals surface area contributed by atoms with Gasteiger partial charge in [-0.3, -0.25) is 0 Å². The molecule has 0 atom stereocenters. The fourth-order valence-electron chi connectivity index (χ4n) is 2.55. The van der Waals surface area contributed by atoms with E-state index >= 15 is 0 Å². The molecule has 1 saturated heterocycles. The lowest BCUT2D eigenvalue weighted by molar-refractivity contribution is -0.137. The first-order chi connectivity index (χ1) is 11.4. The van der Waals surface area contributed by atoms with Crippen molar-refractivity contribution in [3.63, 3.8) is 0 Å². The molecule has 5 nitrogen and oxygen atoms in total. The molecule has 1 aromatic heterocycles. The molecular formula is C15H14F4N4O. The Bertz CT molecular complexity index is 688. The van der Waals surface area contributed by atoms with Gasteiger partial charge in [0.15, 0.2) is 0 Å². The molecule has 9 heteroatoms. The van der Waals surface area contributed by atoms with Crippen LogP contribution < -0.4 is 9.64 Å². The van der Waals surface area contributed by atoms with Gasteiger partial charge in [0.05, 0.1) is 18.0 Å². The first kappa shape index (κ1) is 16.4. The van der Waals surface area contributed by atoms with Gasteiger partial charge in [-0.15, -0.1) is 5.10 Å². The molecule has 0 bridgehead atoms. The highest BCUT2D eigenvalue weighted by Crippen LogP contribution is 2.33. The third-order valence-corrected chi connectivity index (χ3v) is 3.70. The SMILES string of the molecule is Fc1cc(OC2CCN(c3nccnn3)CC2)cc(C(F)(F)F)c1. The van der Waals surface area contributed by atoms with E-state index < -0.39 is 17.6 Å². The van der Waals surface area contributed by atoms with Crippen molar-refractivity contribution in [1.29, 1.82) is 0 Å². The Morgan fingerprint density at radius 2 is 1.83 bits per heavy atom. The molecule has 1 fully saturated rings. The van der Waals surface area contributed by atoms with E-state index in [4.69, 9.17) is 4.74 Å². The zero-order valence-corrected chi connectivity index (χ0v) is 12.5. The monoisotopic (exact) mass is 342 g/mol. The van der Waals surface area contributed by atoms with Crippen LogP contribution in [-0.4, -0.2) is 34.4 Å². The van der Waals surface area contributed by atoms with Gasteiger partial charge >= 0.3 is 6.18 Å². The molecule has 0 amide bonds. The van der Waals surface area contributed by atoms with Crippen LogP contribution in [0.5, 0.6) is 5.75 Å². The van der Waals surface area contributed by atoms with E-state index in [2.05, 4.69) is 15.2 Å². The number of ether oxygens (including phenoxy) is 1. The minimum atomic E-state index is -4.61. The van der Waals surface area contributed by atoms with Gasteiger partial charge in [-0.25, -0.2) is 9.37 Å². The van der Waals surface area contributed by atoms with Crippen LogP contribution in [0.1, 0.15) is 18.4 Å². The molecule has 24 heavy (non-hydrogen) atoms. The van der Waals surface area contributed by atoms with Gasteiger partial charge in [0, 0.05) is 32.0 Å². The number of hydrogen-bond donors (Lipinski definition) is 0. The second kappa shape index (κ2) is 6.58. The maximum Gasteiger partial charge on any atom is 0.416 e. The molecule has 1 aliphatic heterocycles. The lowest BCUT2D eigenvalue weighted by Crippen LogP contribution is -2.39. The van der Waals surface area contributed by atoms with Crippen LogP contribution >= 0.6 is 0 Å². The smallest absolute Gasteiger partial charge is 0.416 e. The van der Waals surface area contributed by atoms with Gasteiger partial charge < -0.3 is 9.64 Å². The van der Waals surface area contributed by atoms with Crippen LogP contribution in [0.15, 0.2) is 30.6 Å². The van der Waals surface area contributed by atoms with E-state index in [0.29, 0.717) is 37.9 Å². The summed E-state index contributed by atoms with van der Waals surface area (Å²) in [5.41, 5.74) is -1.06. The number of alkyl halides is 3. The maximum absolute atomic E-state index is 13.4. The van der Waals surface area contributed by atoms with Crippen LogP contribution in [0, 0.1) is 5.82 Å². The molecule has 0 N–H and O–H groups in total. The normalized spacial score (nSPS) is 16.2. The highest BCUT2D eigenvalue weighted by Gasteiger charge is 2.32. The van der Waals surface area contributed by atoms with Crippen molar-refractivity contribution in [2.24, 2.45) is 0 Å². The number of anilines is 1. The van der Waals surface area contributed by atoms with Crippen molar-refractivity contribution in [2.45, 2.75) is 25.1 Å². The molecule has 1 aromatic carbocycles. The molecule has 0 unspecified atom stereocenters. The van der Waals surface area contributed by atoms with Gasteiger partial charge in [0.25, 0.3) is 0 Å².